The second-order valence-corrected chi connectivity index (χ2v) is 6.90. The van der Waals surface area contributed by atoms with Crippen molar-refractivity contribution < 1.29 is 4.74 Å². The molecule has 0 saturated heterocycles. The molecule has 5 heteroatoms. The Bertz CT molecular complexity index is 1110. The van der Waals surface area contributed by atoms with Crippen LogP contribution in [-0.4, -0.2) is 21.6 Å². The van der Waals surface area contributed by atoms with Crippen LogP contribution >= 0.6 is 0 Å². The molecule has 5 nitrogen and oxygen atoms in total. The molecule has 0 radical (unpaired) electrons. The summed E-state index contributed by atoms with van der Waals surface area (Å²) >= 11 is 0. The van der Waals surface area contributed by atoms with Crippen LogP contribution in [0.5, 0.6) is 5.75 Å². The van der Waals surface area contributed by atoms with Gasteiger partial charge in [-0.3, -0.25) is 4.98 Å². The molecule has 0 spiro atoms. The van der Waals surface area contributed by atoms with E-state index in [1.807, 2.05) is 18.2 Å². The van der Waals surface area contributed by atoms with Crippen molar-refractivity contribution >= 4 is 17.0 Å². The first-order valence-corrected chi connectivity index (χ1v) is 9.52. The van der Waals surface area contributed by atoms with E-state index in [1.54, 1.807) is 12.4 Å². The molecule has 1 unspecified atom stereocenters. The molecule has 0 saturated carbocycles. The van der Waals surface area contributed by atoms with Gasteiger partial charge in [-0.05, 0) is 53.8 Å². The third-order valence-corrected chi connectivity index (χ3v) is 5.02. The maximum atomic E-state index is 5.78. The predicted molar refractivity (Wildman–Crippen MR) is 109 cm³/mol. The van der Waals surface area contributed by atoms with Crippen LogP contribution in [0, 0.1) is 0 Å². The highest BCUT2D eigenvalue weighted by molar-refractivity contribution is 5.71. The number of benzene rings is 2. The first-order chi connectivity index (χ1) is 13.9. The number of pyridine rings is 1. The van der Waals surface area contributed by atoms with Gasteiger partial charge in [0, 0.05) is 12.4 Å². The maximum Gasteiger partial charge on any atom is 0.180 e. The van der Waals surface area contributed by atoms with E-state index < -0.39 is 0 Å². The second kappa shape index (κ2) is 7.27. The van der Waals surface area contributed by atoms with Crippen molar-refractivity contribution in [1.82, 2.24) is 15.0 Å². The Kier molecular flexibility index (Phi) is 4.33. The lowest BCUT2D eigenvalue weighted by Crippen LogP contribution is -2.15. The van der Waals surface area contributed by atoms with Crippen molar-refractivity contribution in [2.75, 3.05) is 11.9 Å². The Hall–Kier alpha value is -3.47. The Morgan fingerprint density at radius 2 is 1.79 bits per heavy atom. The van der Waals surface area contributed by atoms with Crippen LogP contribution in [0.3, 0.4) is 0 Å². The van der Waals surface area contributed by atoms with Gasteiger partial charge in [0.1, 0.15) is 17.1 Å². The first kappa shape index (κ1) is 16.7. The number of hydrogen-bond donors (Lipinski definition) is 1. The van der Waals surface area contributed by atoms with Crippen LogP contribution in [0.15, 0.2) is 73.1 Å². The lowest BCUT2D eigenvalue weighted by Gasteiger charge is -2.23. The van der Waals surface area contributed by atoms with Gasteiger partial charge in [-0.25, -0.2) is 9.97 Å². The summed E-state index contributed by atoms with van der Waals surface area (Å²) < 4.78 is 5.78. The Balaban J connectivity index is 1.54. The highest BCUT2D eigenvalue weighted by Gasteiger charge is 2.18. The Morgan fingerprint density at radius 1 is 0.893 bits per heavy atom. The van der Waals surface area contributed by atoms with Crippen LogP contribution in [0.2, 0.25) is 0 Å². The highest BCUT2D eigenvalue weighted by atomic mass is 16.5. The summed E-state index contributed by atoms with van der Waals surface area (Å²) in [5, 5.41) is 3.59. The van der Waals surface area contributed by atoms with Crippen LogP contribution in [0.1, 0.15) is 29.2 Å². The van der Waals surface area contributed by atoms with E-state index in [0.29, 0.717) is 5.65 Å². The molecule has 0 bridgehead atoms. The summed E-state index contributed by atoms with van der Waals surface area (Å²) in [6, 6.07) is 20.8. The molecule has 0 amide bonds. The zero-order valence-corrected chi connectivity index (χ0v) is 15.4. The lowest BCUT2D eigenvalue weighted by atomic mass is 9.95. The average molecular weight is 368 g/mol. The third-order valence-electron chi connectivity index (χ3n) is 5.02. The summed E-state index contributed by atoms with van der Waals surface area (Å²) in [7, 11) is 0. The number of rotatable bonds is 4. The number of aromatic nitrogens is 3. The monoisotopic (exact) mass is 368 g/mol. The molecule has 1 aliphatic heterocycles. The average Bonchev–Trinajstić information content (AvgIpc) is 2.77. The Morgan fingerprint density at radius 3 is 2.71 bits per heavy atom. The second-order valence-electron chi connectivity index (χ2n) is 6.90. The van der Waals surface area contributed by atoms with Gasteiger partial charge < -0.3 is 10.1 Å². The van der Waals surface area contributed by atoms with E-state index in [4.69, 9.17) is 4.74 Å². The topological polar surface area (TPSA) is 59.9 Å². The number of nitrogens with one attached hydrogen (secondary N) is 1. The van der Waals surface area contributed by atoms with Gasteiger partial charge in [0.2, 0.25) is 0 Å². The number of ether oxygens (including phenoxy) is 1. The molecule has 0 fully saturated rings. The summed E-state index contributed by atoms with van der Waals surface area (Å²) in [6.45, 7) is 0.800. The van der Waals surface area contributed by atoms with E-state index in [9.17, 15) is 0 Å². The largest absolute Gasteiger partial charge is 0.493 e. The molecule has 5 rings (SSSR count). The molecular weight excluding hydrogens is 348 g/mol. The molecule has 1 N–H and O–H groups in total. The smallest absolute Gasteiger partial charge is 0.180 e. The molecular formula is C23H20N4O. The van der Waals surface area contributed by atoms with Crippen molar-refractivity contribution in [3.63, 3.8) is 0 Å². The number of fused-ring (bicyclic) bond motifs is 2. The molecule has 2 aromatic heterocycles. The fourth-order valence-electron chi connectivity index (χ4n) is 3.65. The fourth-order valence-corrected chi connectivity index (χ4v) is 3.65. The number of hydrogen-bond acceptors (Lipinski definition) is 5. The summed E-state index contributed by atoms with van der Waals surface area (Å²) in [5.74, 6) is 1.77. The van der Waals surface area contributed by atoms with E-state index in [1.165, 1.54) is 16.7 Å². The zero-order valence-electron chi connectivity index (χ0n) is 15.4. The molecule has 2 aromatic carbocycles. The lowest BCUT2D eigenvalue weighted by molar-refractivity contribution is 0.288. The SMILES string of the molecule is c1ccc(C(Nc2ccc3nccnc3n2)c2ccc3c(c2)CCCO3)cc1. The van der Waals surface area contributed by atoms with Crippen LogP contribution in [-0.2, 0) is 6.42 Å². The van der Waals surface area contributed by atoms with Crippen molar-refractivity contribution in [3.8, 4) is 5.75 Å². The van der Waals surface area contributed by atoms with Gasteiger partial charge in [-0.1, -0.05) is 36.4 Å². The molecule has 0 aliphatic carbocycles. The van der Waals surface area contributed by atoms with Gasteiger partial charge in [-0.2, -0.15) is 0 Å². The van der Waals surface area contributed by atoms with Gasteiger partial charge >= 0.3 is 0 Å². The number of aryl methyl sites for hydroxylation is 1. The van der Waals surface area contributed by atoms with Gasteiger partial charge in [0.25, 0.3) is 0 Å². The fraction of sp³-hybridized carbons (Fsp3) is 0.174. The summed E-state index contributed by atoms with van der Waals surface area (Å²) in [5.41, 5.74) is 5.06. The molecule has 138 valence electrons. The zero-order chi connectivity index (χ0) is 18.8. The molecule has 1 atom stereocenters. The van der Waals surface area contributed by atoms with Gasteiger partial charge in [0.15, 0.2) is 5.65 Å². The van der Waals surface area contributed by atoms with E-state index in [2.05, 4.69) is 62.7 Å². The van der Waals surface area contributed by atoms with E-state index in [0.717, 1.165) is 36.5 Å². The number of nitrogens with zero attached hydrogens (tertiary/aromatic N) is 3. The van der Waals surface area contributed by atoms with Gasteiger partial charge in [0.05, 0.1) is 12.6 Å². The van der Waals surface area contributed by atoms with Crippen molar-refractivity contribution in [3.05, 3.63) is 89.7 Å². The van der Waals surface area contributed by atoms with E-state index in [-0.39, 0.29) is 6.04 Å². The van der Waals surface area contributed by atoms with E-state index >= 15 is 0 Å². The van der Waals surface area contributed by atoms with Crippen LogP contribution < -0.4 is 10.1 Å². The van der Waals surface area contributed by atoms with Crippen LogP contribution in [0.4, 0.5) is 5.82 Å². The quantitative estimate of drug-likeness (QED) is 0.573. The van der Waals surface area contributed by atoms with Gasteiger partial charge in [-0.15, -0.1) is 0 Å². The Labute approximate surface area is 163 Å². The maximum absolute atomic E-state index is 5.78. The van der Waals surface area contributed by atoms with Crippen molar-refractivity contribution in [1.29, 1.82) is 0 Å². The molecule has 4 aromatic rings. The normalized spacial score (nSPS) is 14.1. The predicted octanol–water partition coefficient (Wildman–Crippen LogP) is 4.55. The van der Waals surface area contributed by atoms with Crippen molar-refractivity contribution in [2.45, 2.75) is 18.9 Å². The number of anilines is 1. The minimum Gasteiger partial charge on any atom is -0.493 e. The standard InChI is InChI=1S/C23H20N4O/c1-2-5-16(6-3-1)22(18-8-10-20-17(15-18)7-4-14-28-20)26-21-11-9-19-23(27-21)25-13-12-24-19/h1-3,5-6,8-13,15,22H,4,7,14H2,(H,25,26,27). The minimum absolute atomic E-state index is 0.0185. The highest BCUT2D eigenvalue weighted by Crippen LogP contribution is 2.32. The summed E-state index contributed by atoms with van der Waals surface area (Å²) in [4.78, 5) is 13.3. The molecule has 1 aliphatic rings. The van der Waals surface area contributed by atoms with Crippen molar-refractivity contribution in [2.24, 2.45) is 0 Å². The molecule has 28 heavy (non-hydrogen) atoms. The van der Waals surface area contributed by atoms with Crippen LogP contribution in [0.25, 0.3) is 11.2 Å². The summed E-state index contributed by atoms with van der Waals surface area (Å²) in [6.07, 6.45) is 5.45. The molecule has 3 heterocycles. The first-order valence-electron chi connectivity index (χ1n) is 9.52. The minimum atomic E-state index is -0.0185. The third kappa shape index (κ3) is 3.27.